The van der Waals surface area contributed by atoms with Gasteiger partial charge in [0.1, 0.15) is 0 Å². The molecule has 6 nitrogen and oxygen atoms in total. The lowest BCUT2D eigenvalue weighted by Crippen LogP contribution is -2.12. The second-order valence-corrected chi connectivity index (χ2v) is 5.09. The lowest BCUT2D eigenvalue weighted by molar-refractivity contribution is 0.544. The van der Waals surface area contributed by atoms with E-state index in [2.05, 4.69) is 34.6 Å². The molecule has 2 rings (SSSR count). The molecule has 19 heavy (non-hydrogen) atoms. The highest BCUT2D eigenvalue weighted by Crippen LogP contribution is 2.16. The number of hydrogen-bond acceptors (Lipinski definition) is 5. The summed E-state index contributed by atoms with van der Waals surface area (Å²) in [6.45, 7) is 5.40. The Morgan fingerprint density at radius 3 is 2.95 bits per heavy atom. The van der Waals surface area contributed by atoms with Crippen molar-refractivity contribution in [3.63, 3.8) is 0 Å². The van der Waals surface area contributed by atoms with Crippen LogP contribution >= 0.6 is 0 Å². The molecule has 104 valence electrons. The van der Waals surface area contributed by atoms with Gasteiger partial charge in [-0.2, -0.15) is 0 Å². The molecule has 0 aliphatic heterocycles. The van der Waals surface area contributed by atoms with Crippen LogP contribution in [0.25, 0.3) is 5.65 Å². The van der Waals surface area contributed by atoms with Crippen molar-refractivity contribution in [2.45, 2.75) is 33.1 Å². The van der Waals surface area contributed by atoms with Gasteiger partial charge in [-0.1, -0.05) is 26.7 Å². The van der Waals surface area contributed by atoms with Crippen LogP contribution in [0.4, 0.5) is 11.6 Å². The van der Waals surface area contributed by atoms with Gasteiger partial charge < -0.3 is 15.1 Å². The van der Waals surface area contributed by atoms with E-state index in [1.807, 2.05) is 16.8 Å². The molecule has 2 heterocycles. The molecule has 0 amide bonds. The third-order valence-electron chi connectivity index (χ3n) is 3.02. The first-order valence-corrected chi connectivity index (χ1v) is 6.75. The van der Waals surface area contributed by atoms with Crippen molar-refractivity contribution in [1.82, 2.24) is 14.4 Å². The van der Waals surface area contributed by atoms with Crippen molar-refractivity contribution in [3.05, 3.63) is 18.6 Å². The molecule has 0 radical (unpaired) electrons. The number of fused-ring (bicyclic) bond motifs is 1. The first kappa shape index (κ1) is 13.6. The first-order chi connectivity index (χ1) is 9.20. The largest absolute Gasteiger partial charge is 0.367 e. The molecule has 0 spiro atoms. The lowest BCUT2D eigenvalue weighted by Gasteiger charge is -2.09. The van der Waals surface area contributed by atoms with E-state index in [0.29, 0.717) is 5.82 Å². The second kappa shape index (κ2) is 6.38. The van der Waals surface area contributed by atoms with E-state index in [4.69, 9.17) is 5.84 Å². The van der Waals surface area contributed by atoms with Gasteiger partial charge in [-0.15, -0.1) is 0 Å². The van der Waals surface area contributed by atoms with Crippen LogP contribution in [-0.4, -0.2) is 20.9 Å². The van der Waals surface area contributed by atoms with Gasteiger partial charge in [-0.25, -0.2) is 15.8 Å². The van der Waals surface area contributed by atoms with Crippen LogP contribution in [0.3, 0.4) is 0 Å². The zero-order valence-corrected chi connectivity index (χ0v) is 11.6. The van der Waals surface area contributed by atoms with Crippen molar-refractivity contribution in [3.8, 4) is 0 Å². The summed E-state index contributed by atoms with van der Waals surface area (Å²) in [5.74, 6) is 7.57. The number of nitrogen functional groups attached to an aromatic ring is 1. The monoisotopic (exact) mass is 262 g/mol. The van der Waals surface area contributed by atoms with Crippen LogP contribution in [0.2, 0.25) is 0 Å². The molecule has 2 aromatic rings. The third-order valence-corrected chi connectivity index (χ3v) is 3.02. The van der Waals surface area contributed by atoms with Crippen molar-refractivity contribution in [2.24, 2.45) is 11.8 Å². The average molecular weight is 262 g/mol. The Hall–Kier alpha value is -1.82. The summed E-state index contributed by atoms with van der Waals surface area (Å²) in [4.78, 5) is 8.68. The molecule has 2 aromatic heterocycles. The van der Waals surface area contributed by atoms with Gasteiger partial charge in [0.25, 0.3) is 0 Å². The van der Waals surface area contributed by atoms with Gasteiger partial charge in [-0.3, -0.25) is 0 Å². The van der Waals surface area contributed by atoms with E-state index in [0.717, 1.165) is 30.3 Å². The van der Waals surface area contributed by atoms with E-state index < -0.39 is 0 Å². The summed E-state index contributed by atoms with van der Waals surface area (Å²) in [6.07, 6.45) is 9.06. The molecule has 0 bridgehead atoms. The van der Waals surface area contributed by atoms with Gasteiger partial charge in [0.05, 0.1) is 6.20 Å². The minimum atomic E-state index is 0.621. The second-order valence-electron chi connectivity index (χ2n) is 5.09. The number of imidazole rings is 1. The summed E-state index contributed by atoms with van der Waals surface area (Å²) in [7, 11) is 0. The number of unbranched alkanes of at least 4 members (excludes halogenated alkanes) is 1. The quantitative estimate of drug-likeness (QED) is 0.405. The van der Waals surface area contributed by atoms with Crippen LogP contribution in [0.1, 0.15) is 33.1 Å². The van der Waals surface area contributed by atoms with Gasteiger partial charge in [0.15, 0.2) is 17.3 Å². The predicted molar refractivity (Wildman–Crippen MR) is 78.0 cm³/mol. The average Bonchev–Trinajstić information content (AvgIpc) is 2.85. The maximum absolute atomic E-state index is 5.41. The van der Waals surface area contributed by atoms with E-state index in [1.165, 1.54) is 12.8 Å². The maximum atomic E-state index is 5.41. The Morgan fingerprint density at radius 2 is 2.21 bits per heavy atom. The highest BCUT2D eigenvalue weighted by Gasteiger charge is 2.06. The van der Waals surface area contributed by atoms with Crippen LogP contribution in [0, 0.1) is 5.92 Å². The molecule has 0 aliphatic carbocycles. The number of rotatable bonds is 7. The molecular formula is C13H22N6. The number of hydrazine groups is 1. The van der Waals surface area contributed by atoms with Crippen molar-refractivity contribution >= 4 is 17.3 Å². The number of hydrogen-bond donors (Lipinski definition) is 3. The molecule has 0 unspecified atom stereocenters. The topological polar surface area (TPSA) is 80.3 Å². The van der Waals surface area contributed by atoms with E-state index in [9.17, 15) is 0 Å². The Morgan fingerprint density at radius 1 is 1.37 bits per heavy atom. The Balaban J connectivity index is 1.97. The highest BCUT2D eigenvalue weighted by atomic mass is 15.3. The SMILES string of the molecule is CC(C)CCCCNc1nc(NN)cn2ccnc12. The fourth-order valence-electron chi connectivity index (χ4n) is 2.00. The maximum Gasteiger partial charge on any atom is 0.180 e. The zero-order chi connectivity index (χ0) is 13.7. The van der Waals surface area contributed by atoms with Crippen LogP contribution in [0.5, 0.6) is 0 Å². The molecule has 6 heteroatoms. The van der Waals surface area contributed by atoms with Gasteiger partial charge in [0, 0.05) is 18.9 Å². The molecule has 0 atom stereocenters. The van der Waals surface area contributed by atoms with Crippen molar-refractivity contribution in [2.75, 3.05) is 17.3 Å². The molecular weight excluding hydrogens is 240 g/mol. The summed E-state index contributed by atoms with van der Waals surface area (Å²) in [5.41, 5.74) is 3.39. The predicted octanol–water partition coefficient (Wildman–Crippen LogP) is 2.25. The summed E-state index contributed by atoms with van der Waals surface area (Å²) >= 11 is 0. The van der Waals surface area contributed by atoms with E-state index in [-0.39, 0.29) is 0 Å². The summed E-state index contributed by atoms with van der Waals surface area (Å²) in [6, 6.07) is 0. The minimum Gasteiger partial charge on any atom is -0.367 e. The number of nitrogens with zero attached hydrogens (tertiary/aromatic N) is 3. The molecule has 4 N–H and O–H groups in total. The Bertz CT molecular complexity index is 519. The van der Waals surface area contributed by atoms with Crippen molar-refractivity contribution < 1.29 is 0 Å². The van der Waals surface area contributed by atoms with E-state index in [1.54, 1.807) is 6.20 Å². The normalized spacial score (nSPS) is 11.2. The Kier molecular flexibility index (Phi) is 4.57. The third kappa shape index (κ3) is 3.57. The highest BCUT2D eigenvalue weighted by molar-refractivity contribution is 5.65. The number of aromatic nitrogens is 3. The van der Waals surface area contributed by atoms with Gasteiger partial charge in [-0.05, 0) is 12.3 Å². The fourth-order valence-corrected chi connectivity index (χ4v) is 2.00. The fraction of sp³-hybridized carbons (Fsp3) is 0.538. The molecule has 0 aliphatic rings. The Labute approximate surface area is 113 Å². The number of nitrogens with two attached hydrogens (primary N) is 1. The summed E-state index contributed by atoms with van der Waals surface area (Å²) in [5, 5.41) is 3.33. The van der Waals surface area contributed by atoms with Gasteiger partial charge >= 0.3 is 0 Å². The standard InChI is InChI=1S/C13H22N6/c1-10(2)5-3-4-6-15-12-13-16-7-8-19(13)9-11(17-12)18-14/h7-10,18H,3-6,14H2,1-2H3,(H,15,17). The van der Waals surface area contributed by atoms with Crippen molar-refractivity contribution in [1.29, 1.82) is 0 Å². The van der Waals surface area contributed by atoms with Crippen LogP contribution < -0.4 is 16.6 Å². The lowest BCUT2D eigenvalue weighted by atomic mass is 10.1. The molecule has 0 fully saturated rings. The van der Waals surface area contributed by atoms with Gasteiger partial charge in [0.2, 0.25) is 0 Å². The molecule has 0 saturated carbocycles. The first-order valence-electron chi connectivity index (χ1n) is 6.75. The summed E-state index contributed by atoms with van der Waals surface area (Å²) < 4.78 is 1.90. The number of nitrogens with one attached hydrogen (secondary N) is 2. The van der Waals surface area contributed by atoms with Crippen LogP contribution in [0.15, 0.2) is 18.6 Å². The smallest absolute Gasteiger partial charge is 0.180 e. The molecule has 0 aromatic carbocycles. The van der Waals surface area contributed by atoms with E-state index >= 15 is 0 Å². The molecule has 0 saturated heterocycles. The zero-order valence-electron chi connectivity index (χ0n) is 11.6. The number of anilines is 2. The minimum absolute atomic E-state index is 0.621. The van der Waals surface area contributed by atoms with Crippen LogP contribution in [-0.2, 0) is 0 Å².